The zero-order valence-electron chi connectivity index (χ0n) is 12.5. The first-order valence-electron chi connectivity index (χ1n) is 7.38. The lowest BCUT2D eigenvalue weighted by Crippen LogP contribution is -2.27. The molecule has 1 unspecified atom stereocenters. The molecule has 0 amide bonds. The van der Waals surface area contributed by atoms with Gasteiger partial charge in [0.2, 0.25) is 0 Å². The van der Waals surface area contributed by atoms with Crippen LogP contribution in [-0.4, -0.2) is 22.4 Å². The average Bonchev–Trinajstić information content (AvgIpc) is 2.64. The van der Waals surface area contributed by atoms with Gasteiger partial charge in [-0.2, -0.15) is 5.10 Å². The molecule has 0 spiro atoms. The van der Waals surface area contributed by atoms with Crippen LogP contribution in [-0.2, 0) is 6.54 Å². The van der Waals surface area contributed by atoms with Crippen LogP contribution in [0.4, 0.5) is 0 Å². The summed E-state index contributed by atoms with van der Waals surface area (Å²) in [7, 11) is 0. The molecule has 0 aliphatic carbocycles. The maximum absolute atomic E-state index is 4.48. The minimum absolute atomic E-state index is 0.650. The molecule has 1 rings (SSSR count). The molecule has 3 heteroatoms. The molecule has 104 valence electrons. The van der Waals surface area contributed by atoms with Gasteiger partial charge in [-0.15, -0.1) is 0 Å². The number of unbranched alkanes of at least 4 members (excludes halogenated alkanes) is 2. The third-order valence-electron chi connectivity index (χ3n) is 3.38. The van der Waals surface area contributed by atoms with Crippen molar-refractivity contribution in [1.82, 2.24) is 15.1 Å². The molecule has 0 saturated carbocycles. The van der Waals surface area contributed by atoms with Gasteiger partial charge < -0.3 is 5.32 Å². The van der Waals surface area contributed by atoms with Crippen LogP contribution in [0.1, 0.15) is 57.3 Å². The molecule has 1 N–H and O–H groups in total. The molecule has 0 saturated heterocycles. The number of aryl methyl sites for hydroxylation is 3. The summed E-state index contributed by atoms with van der Waals surface area (Å²) in [5.41, 5.74) is 2.39. The maximum Gasteiger partial charge on any atom is 0.0596 e. The molecular weight excluding hydrogens is 222 g/mol. The Hall–Kier alpha value is -0.830. The first kappa shape index (κ1) is 15.2. The van der Waals surface area contributed by atoms with Gasteiger partial charge in [0.25, 0.3) is 0 Å². The monoisotopic (exact) mass is 251 g/mol. The first-order chi connectivity index (χ1) is 8.63. The summed E-state index contributed by atoms with van der Waals surface area (Å²) < 4.78 is 2.11. The van der Waals surface area contributed by atoms with Crippen LogP contribution < -0.4 is 5.32 Å². The zero-order valence-corrected chi connectivity index (χ0v) is 12.5. The van der Waals surface area contributed by atoms with Crippen molar-refractivity contribution in [1.29, 1.82) is 0 Å². The van der Waals surface area contributed by atoms with Crippen LogP contribution in [0.3, 0.4) is 0 Å². The van der Waals surface area contributed by atoms with E-state index in [-0.39, 0.29) is 0 Å². The third kappa shape index (κ3) is 5.67. The van der Waals surface area contributed by atoms with Gasteiger partial charge in [-0.1, -0.05) is 26.2 Å². The number of hydrogen-bond donors (Lipinski definition) is 1. The van der Waals surface area contributed by atoms with Crippen molar-refractivity contribution in [3.63, 3.8) is 0 Å². The summed E-state index contributed by atoms with van der Waals surface area (Å²) in [5.74, 6) is 0. The van der Waals surface area contributed by atoms with Crippen LogP contribution in [0.5, 0.6) is 0 Å². The molecule has 0 fully saturated rings. The van der Waals surface area contributed by atoms with Gasteiger partial charge in [0.15, 0.2) is 0 Å². The lowest BCUT2D eigenvalue weighted by Gasteiger charge is -2.13. The van der Waals surface area contributed by atoms with Crippen molar-refractivity contribution in [2.75, 3.05) is 6.54 Å². The second kappa shape index (κ2) is 8.30. The highest BCUT2D eigenvalue weighted by atomic mass is 15.3. The quantitative estimate of drug-likeness (QED) is 0.681. The summed E-state index contributed by atoms with van der Waals surface area (Å²) in [5, 5.41) is 8.07. The van der Waals surface area contributed by atoms with Crippen molar-refractivity contribution in [2.24, 2.45) is 0 Å². The van der Waals surface area contributed by atoms with Crippen LogP contribution >= 0.6 is 0 Å². The maximum atomic E-state index is 4.48. The predicted octanol–water partition coefficient (Wildman–Crippen LogP) is 3.45. The Morgan fingerprint density at radius 3 is 2.67 bits per heavy atom. The predicted molar refractivity (Wildman–Crippen MR) is 77.9 cm³/mol. The minimum atomic E-state index is 0.650. The molecule has 0 radical (unpaired) electrons. The smallest absolute Gasteiger partial charge is 0.0596 e. The highest BCUT2D eigenvalue weighted by Crippen LogP contribution is 2.04. The van der Waals surface area contributed by atoms with E-state index in [2.05, 4.69) is 48.9 Å². The van der Waals surface area contributed by atoms with Gasteiger partial charge in [0.1, 0.15) is 0 Å². The van der Waals surface area contributed by atoms with Crippen molar-refractivity contribution in [2.45, 2.75) is 72.4 Å². The molecule has 1 heterocycles. The lowest BCUT2D eigenvalue weighted by atomic mass is 10.1. The molecule has 0 bridgehead atoms. The standard InChI is InChI=1S/C15H29N3/c1-5-6-7-9-13(2)16-10-8-11-18-15(4)12-14(3)17-18/h12-13,16H,5-11H2,1-4H3. The van der Waals surface area contributed by atoms with Gasteiger partial charge >= 0.3 is 0 Å². The molecule has 1 atom stereocenters. The van der Waals surface area contributed by atoms with E-state index in [0.29, 0.717) is 6.04 Å². The van der Waals surface area contributed by atoms with Gasteiger partial charge in [0, 0.05) is 18.3 Å². The van der Waals surface area contributed by atoms with Crippen LogP contribution in [0.25, 0.3) is 0 Å². The molecule has 1 aromatic rings. The molecular formula is C15H29N3. The second-order valence-corrected chi connectivity index (χ2v) is 5.35. The Morgan fingerprint density at radius 1 is 1.28 bits per heavy atom. The normalized spacial score (nSPS) is 12.9. The lowest BCUT2D eigenvalue weighted by molar-refractivity contribution is 0.460. The van der Waals surface area contributed by atoms with Gasteiger partial charge in [-0.25, -0.2) is 0 Å². The molecule has 0 aliphatic heterocycles. The fourth-order valence-corrected chi connectivity index (χ4v) is 2.28. The summed E-state index contributed by atoms with van der Waals surface area (Å²) >= 11 is 0. The third-order valence-corrected chi connectivity index (χ3v) is 3.38. The highest BCUT2D eigenvalue weighted by molar-refractivity contribution is 5.06. The summed E-state index contributed by atoms with van der Waals surface area (Å²) in [6.07, 6.45) is 6.47. The molecule has 0 aromatic carbocycles. The van der Waals surface area contributed by atoms with Gasteiger partial charge in [0.05, 0.1) is 5.69 Å². The number of nitrogens with one attached hydrogen (secondary N) is 1. The van der Waals surface area contributed by atoms with Crippen molar-refractivity contribution in [3.05, 3.63) is 17.5 Å². The van der Waals surface area contributed by atoms with Crippen molar-refractivity contribution < 1.29 is 0 Å². The van der Waals surface area contributed by atoms with E-state index in [1.807, 2.05) is 0 Å². The van der Waals surface area contributed by atoms with E-state index in [0.717, 1.165) is 25.2 Å². The number of nitrogens with zero attached hydrogens (tertiary/aromatic N) is 2. The Bertz CT molecular complexity index is 330. The summed E-state index contributed by atoms with van der Waals surface area (Å²) in [6.45, 7) is 10.8. The molecule has 1 aromatic heterocycles. The van der Waals surface area contributed by atoms with Gasteiger partial charge in [-0.05, 0) is 46.2 Å². The Kier molecular flexibility index (Phi) is 7.02. The van der Waals surface area contributed by atoms with E-state index in [1.54, 1.807) is 0 Å². The fraction of sp³-hybridized carbons (Fsp3) is 0.800. The van der Waals surface area contributed by atoms with E-state index >= 15 is 0 Å². The van der Waals surface area contributed by atoms with E-state index in [9.17, 15) is 0 Å². The molecule has 0 aliphatic rings. The fourth-order valence-electron chi connectivity index (χ4n) is 2.28. The molecule has 18 heavy (non-hydrogen) atoms. The summed E-state index contributed by atoms with van der Waals surface area (Å²) in [4.78, 5) is 0. The number of aromatic nitrogens is 2. The van der Waals surface area contributed by atoms with Crippen molar-refractivity contribution in [3.8, 4) is 0 Å². The Morgan fingerprint density at radius 2 is 2.06 bits per heavy atom. The van der Waals surface area contributed by atoms with E-state index in [1.165, 1.54) is 31.4 Å². The van der Waals surface area contributed by atoms with E-state index in [4.69, 9.17) is 0 Å². The number of rotatable bonds is 9. The molecule has 3 nitrogen and oxygen atoms in total. The van der Waals surface area contributed by atoms with Crippen LogP contribution in [0, 0.1) is 13.8 Å². The first-order valence-corrected chi connectivity index (χ1v) is 7.38. The summed E-state index contributed by atoms with van der Waals surface area (Å²) in [6, 6.07) is 2.79. The zero-order chi connectivity index (χ0) is 13.4. The van der Waals surface area contributed by atoms with Crippen LogP contribution in [0.15, 0.2) is 6.07 Å². The minimum Gasteiger partial charge on any atom is -0.314 e. The Labute approximate surface area is 112 Å². The largest absolute Gasteiger partial charge is 0.314 e. The van der Waals surface area contributed by atoms with Crippen molar-refractivity contribution >= 4 is 0 Å². The van der Waals surface area contributed by atoms with Gasteiger partial charge in [-0.3, -0.25) is 4.68 Å². The Balaban J connectivity index is 2.09. The van der Waals surface area contributed by atoms with Crippen LogP contribution in [0.2, 0.25) is 0 Å². The number of hydrogen-bond acceptors (Lipinski definition) is 2. The highest BCUT2D eigenvalue weighted by Gasteiger charge is 2.02. The SMILES string of the molecule is CCCCCC(C)NCCCn1nc(C)cc1C. The topological polar surface area (TPSA) is 29.9 Å². The average molecular weight is 251 g/mol. The van der Waals surface area contributed by atoms with E-state index < -0.39 is 0 Å². The second-order valence-electron chi connectivity index (χ2n) is 5.35.